The summed E-state index contributed by atoms with van der Waals surface area (Å²) in [7, 11) is -3.83. The first kappa shape index (κ1) is 20.4. The van der Waals surface area contributed by atoms with Gasteiger partial charge in [-0.15, -0.1) is 0 Å². The maximum Gasteiger partial charge on any atom is 0.241 e. The van der Waals surface area contributed by atoms with Gasteiger partial charge in [0, 0.05) is 18.3 Å². The van der Waals surface area contributed by atoms with E-state index in [1.807, 2.05) is 26.8 Å². The number of nitrogens with one attached hydrogen (secondary N) is 1. The molecule has 0 fully saturated rings. The third-order valence-corrected chi connectivity index (χ3v) is 6.44. The van der Waals surface area contributed by atoms with E-state index < -0.39 is 16.1 Å². The van der Waals surface area contributed by atoms with Gasteiger partial charge in [0.05, 0.1) is 17.1 Å². The van der Waals surface area contributed by atoms with Gasteiger partial charge in [-0.05, 0) is 43.4 Å². The highest BCUT2D eigenvalue weighted by molar-refractivity contribution is 7.89. The highest BCUT2D eigenvalue weighted by atomic mass is 32.2. The largest absolute Gasteiger partial charge is 0.331 e. The Kier molecular flexibility index (Phi) is 5.81. The van der Waals surface area contributed by atoms with E-state index in [1.54, 1.807) is 30.2 Å². The van der Waals surface area contributed by atoms with Gasteiger partial charge < -0.3 is 4.90 Å². The maximum absolute atomic E-state index is 13.2. The van der Waals surface area contributed by atoms with E-state index in [0.717, 1.165) is 16.8 Å². The fraction of sp³-hybridized carbons (Fsp3) is 0.450. The van der Waals surface area contributed by atoms with Crippen molar-refractivity contribution in [2.45, 2.75) is 58.1 Å². The predicted octanol–water partition coefficient (Wildman–Crippen LogP) is 2.33. The van der Waals surface area contributed by atoms with Crippen molar-refractivity contribution in [2.75, 3.05) is 0 Å². The van der Waals surface area contributed by atoms with Crippen LogP contribution in [0.1, 0.15) is 42.7 Å². The summed E-state index contributed by atoms with van der Waals surface area (Å²) in [5, 5.41) is 0. The zero-order valence-corrected chi connectivity index (χ0v) is 17.5. The van der Waals surface area contributed by atoms with Crippen molar-refractivity contribution in [3.05, 3.63) is 53.1 Å². The zero-order valence-electron chi connectivity index (χ0n) is 16.6. The SMILES string of the molecule is Cc1ccc(C)c(S(=O)(=O)NC(CC(C)C)C(=O)N2Cc3cncnc3C2)c1. The van der Waals surface area contributed by atoms with Gasteiger partial charge in [0.1, 0.15) is 12.4 Å². The predicted molar refractivity (Wildman–Crippen MR) is 106 cm³/mol. The number of rotatable bonds is 6. The van der Waals surface area contributed by atoms with Gasteiger partial charge in [-0.1, -0.05) is 26.0 Å². The van der Waals surface area contributed by atoms with E-state index in [9.17, 15) is 13.2 Å². The van der Waals surface area contributed by atoms with Crippen LogP contribution in [0.15, 0.2) is 35.6 Å². The van der Waals surface area contributed by atoms with E-state index >= 15 is 0 Å². The molecule has 0 saturated heterocycles. The second-order valence-corrected chi connectivity index (χ2v) is 9.44. The van der Waals surface area contributed by atoms with Crippen LogP contribution in [0, 0.1) is 19.8 Å². The monoisotopic (exact) mass is 402 g/mol. The molecule has 0 aliphatic carbocycles. The van der Waals surface area contributed by atoms with E-state index in [4.69, 9.17) is 0 Å². The molecule has 1 aromatic carbocycles. The molecule has 3 rings (SSSR count). The molecular weight excluding hydrogens is 376 g/mol. The lowest BCUT2D eigenvalue weighted by molar-refractivity contribution is -0.134. The average Bonchev–Trinajstić information content (AvgIpc) is 3.06. The van der Waals surface area contributed by atoms with Crippen LogP contribution in [0.25, 0.3) is 0 Å². The second kappa shape index (κ2) is 7.97. The fourth-order valence-corrected chi connectivity index (χ4v) is 4.93. The molecule has 1 atom stereocenters. The molecule has 0 spiro atoms. The first-order valence-corrected chi connectivity index (χ1v) is 10.8. The average molecular weight is 403 g/mol. The molecule has 1 aliphatic heterocycles. The zero-order chi connectivity index (χ0) is 20.5. The van der Waals surface area contributed by atoms with Crippen LogP contribution in [-0.2, 0) is 27.9 Å². The van der Waals surface area contributed by atoms with E-state index in [-0.39, 0.29) is 16.7 Å². The third-order valence-electron chi connectivity index (χ3n) is 4.83. The molecule has 1 N–H and O–H groups in total. The maximum atomic E-state index is 13.2. The van der Waals surface area contributed by atoms with Crippen molar-refractivity contribution in [3.63, 3.8) is 0 Å². The second-order valence-electron chi connectivity index (χ2n) is 7.76. The molecular formula is C20H26N4O3S. The molecule has 0 radical (unpaired) electrons. The normalized spacial score (nSPS) is 15.0. The summed E-state index contributed by atoms with van der Waals surface area (Å²) in [5.74, 6) is -0.0828. The number of aromatic nitrogens is 2. The lowest BCUT2D eigenvalue weighted by atomic mass is 10.0. The van der Waals surface area contributed by atoms with Crippen molar-refractivity contribution in [1.29, 1.82) is 0 Å². The minimum Gasteiger partial charge on any atom is -0.331 e. The summed E-state index contributed by atoms with van der Waals surface area (Å²) in [6.07, 6.45) is 3.58. The lowest BCUT2D eigenvalue weighted by Crippen LogP contribution is -2.47. The van der Waals surface area contributed by atoms with Crippen LogP contribution in [0.5, 0.6) is 0 Å². The topological polar surface area (TPSA) is 92.3 Å². The summed E-state index contributed by atoms with van der Waals surface area (Å²) in [6.45, 7) is 8.31. The highest BCUT2D eigenvalue weighted by Crippen LogP contribution is 2.23. The third kappa shape index (κ3) is 4.39. The van der Waals surface area contributed by atoms with Crippen molar-refractivity contribution >= 4 is 15.9 Å². The van der Waals surface area contributed by atoms with Crippen molar-refractivity contribution in [1.82, 2.24) is 19.6 Å². The van der Waals surface area contributed by atoms with E-state index in [1.165, 1.54) is 6.33 Å². The summed E-state index contributed by atoms with van der Waals surface area (Å²) in [5.41, 5.74) is 3.21. The summed E-state index contributed by atoms with van der Waals surface area (Å²) >= 11 is 0. The Labute approximate surface area is 166 Å². The number of nitrogens with zero attached hydrogens (tertiary/aromatic N) is 3. The standard InChI is InChI=1S/C20H26N4O3S/c1-13(2)7-17(20(25)24-10-16-9-21-12-22-18(16)11-24)23-28(26,27)19-8-14(3)5-6-15(19)4/h5-6,8-9,12-13,17,23H,7,10-11H2,1-4H3. The van der Waals surface area contributed by atoms with Crippen LogP contribution in [-0.4, -0.2) is 35.2 Å². The highest BCUT2D eigenvalue weighted by Gasteiger charge is 2.33. The molecule has 28 heavy (non-hydrogen) atoms. The summed E-state index contributed by atoms with van der Waals surface area (Å²) in [6, 6.07) is 4.45. The molecule has 8 heteroatoms. The van der Waals surface area contributed by atoms with Crippen LogP contribution < -0.4 is 4.72 Å². The van der Waals surface area contributed by atoms with Gasteiger partial charge in [0.25, 0.3) is 0 Å². The molecule has 150 valence electrons. The molecule has 0 saturated carbocycles. The Hall–Kier alpha value is -2.32. The van der Waals surface area contributed by atoms with Crippen LogP contribution in [0.3, 0.4) is 0 Å². The van der Waals surface area contributed by atoms with Crippen LogP contribution in [0.4, 0.5) is 0 Å². The number of amides is 1. The molecule has 2 aromatic rings. The molecule has 0 bridgehead atoms. The quantitative estimate of drug-likeness (QED) is 0.801. The summed E-state index contributed by atoms with van der Waals surface area (Å²) in [4.78, 5) is 23.2. The van der Waals surface area contributed by atoms with Crippen molar-refractivity contribution < 1.29 is 13.2 Å². The van der Waals surface area contributed by atoms with Gasteiger partial charge in [-0.2, -0.15) is 4.72 Å². The number of carbonyl (C=O) groups excluding carboxylic acids is 1. The molecule has 1 amide bonds. The number of benzene rings is 1. The Morgan fingerprint density at radius 3 is 2.68 bits per heavy atom. The molecule has 7 nitrogen and oxygen atoms in total. The van der Waals surface area contributed by atoms with Crippen molar-refractivity contribution in [2.24, 2.45) is 5.92 Å². The van der Waals surface area contributed by atoms with Crippen LogP contribution in [0.2, 0.25) is 0 Å². The number of carbonyl (C=O) groups is 1. The number of hydrogen-bond donors (Lipinski definition) is 1. The first-order valence-electron chi connectivity index (χ1n) is 9.33. The lowest BCUT2D eigenvalue weighted by Gasteiger charge is -2.25. The van der Waals surface area contributed by atoms with Crippen LogP contribution >= 0.6 is 0 Å². The van der Waals surface area contributed by atoms with Gasteiger partial charge in [-0.3, -0.25) is 4.79 Å². The number of fused-ring (bicyclic) bond motifs is 1. The number of hydrogen-bond acceptors (Lipinski definition) is 5. The van der Waals surface area contributed by atoms with Gasteiger partial charge >= 0.3 is 0 Å². The van der Waals surface area contributed by atoms with Gasteiger partial charge in [0.15, 0.2) is 0 Å². The van der Waals surface area contributed by atoms with E-state index in [0.29, 0.717) is 25.1 Å². The number of sulfonamides is 1. The smallest absolute Gasteiger partial charge is 0.241 e. The number of aryl methyl sites for hydroxylation is 2. The van der Waals surface area contributed by atoms with Gasteiger partial charge in [0.2, 0.25) is 15.9 Å². The van der Waals surface area contributed by atoms with Gasteiger partial charge in [-0.25, -0.2) is 18.4 Å². The summed E-state index contributed by atoms with van der Waals surface area (Å²) < 4.78 is 28.7. The first-order chi connectivity index (χ1) is 13.2. The minimum atomic E-state index is -3.83. The Morgan fingerprint density at radius 1 is 1.25 bits per heavy atom. The minimum absolute atomic E-state index is 0.153. The molecule has 1 aliphatic rings. The Morgan fingerprint density at radius 2 is 2.00 bits per heavy atom. The Bertz CT molecular complexity index is 964. The molecule has 2 heterocycles. The molecule has 1 unspecified atom stereocenters. The van der Waals surface area contributed by atoms with Crippen molar-refractivity contribution in [3.8, 4) is 0 Å². The van der Waals surface area contributed by atoms with E-state index in [2.05, 4.69) is 14.7 Å². The molecule has 1 aromatic heterocycles. The Balaban J connectivity index is 1.84. The fourth-order valence-electron chi connectivity index (χ4n) is 3.40.